The summed E-state index contributed by atoms with van der Waals surface area (Å²) in [5.41, 5.74) is 1.30. The van der Waals surface area contributed by atoms with E-state index in [1.807, 2.05) is 13.8 Å². The molecule has 1 aliphatic rings. The molecule has 90 valence electrons. The molecule has 2 nitrogen and oxygen atoms in total. The van der Waals surface area contributed by atoms with Gasteiger partial charge in [0.2, 0.25) is 0 Å². The number of hydrogen-bond acceptors (Lipinski definition) is 3. The Labute approximate surface area is 102 Å². The Bertz CT molecular complexity index is 331. The molecule has 1 aliphatic carbocycles. The highest BCUT2D eigenvalue weighted by atomic mass is 32.2. The second-order valence-electron chi connectivity index (χ2n) is 4.63. The van der Waals surface area contributed by atoms with E-state index >= 15 is 0 Å². The fourth-order valence-corrected chi connectivity index (χ4v) is 2.88. The lowest BCUT2D eigenvalue weighted by molar-refractivity contribution is 0.499. The fourth-order valence-electron chi connectivity index (χ4n) is 1.76. The van der Waals surface area contributed by atoms with Crippen molar-refractivity contribution in [2.75, 3.05) is 18.1 Å². The molecule has 1 fully saturated rings. The number of aryl methyl sites for hydroxylation is 2. The predicted octanol–water partition coefficient (Wildman–Crippen LogP) is 3.13. The first-order valence-corrected chi connectivity index (χ1v) is 7.25. The van der Waals surface area contributed by atoms with Gasteiger partial charge in [-0.05, 0) is 44.4 Å². The number of thioether (sulfide) groups is 1. The minimum Gasteiger partial charge on any atom is -0.466 e. The van der Waals surface area contributed by atoms with E-state index in [0.29, 0.717) is 0 Å². The number of nitrogens with one attached hydrogen (secondary N) is 1. The standard InChI is InChI=1S/C13H21NOS/c1-10-7-13(11(2)15-10)8-14-5-6-16-9-12-3-4-12/h7,12,14H,3-6,8-9H2,1-2H3. The van der Waals surface area contributed by atoms with E-state index in [-0.39, 0.29) is 0 Å². The minimum atomic E-state index is 0.938. The maximum absolute atomic E-state index is 5.49. The van der Waals surface area contributed by atoms with Crippen molar-refractivity contribution in [2.24, 2.45) is 5.92 Å². The molecular weight excluding hydrogens is 218 g/mol. The molecule has 0 unspecified atom stereocenters. The smallest absolute Gasteiger partial charge is 0.105 e. The third-order valence-electron chi connectivity index (χ3n) is 2.93. The second kappa shape index (κ2) is 5.78. The van der Waals surface area contributed by atoms with Gasteiger partial charge >= 0.3 is 0 Å². The highest BCUT2D eigenvalue weighted by molar-refractivity contribution is 7.99. The van der Waals surface area contributed by atoms with Crippen LogP contribution < -0.4 is 5.32 Å². The molecule has 1 heterocycles. The summed E-state index contributed by atoms with van der Waals surface area (Å²) >= 11 is 2.08. The van der Waals surface area contributed by atoms with Crippen molar-refractivity contribution in [3.8, 4) is 0 Å². The molecule has 1 aromatic heterocycles. The van der Waals surface area contributed by atoms with E-state index in [1.54, 1.807) is 0 Å². The van der Waals surface area contributed by atoms with Crippen molar-refractivity contribution in [1.29, 1.82) is 0 Å². The maximum atomic E-state index is 5.49. The molecule has 1 N–H and O–H groups in total. The maximum Gasteiger partial charge on any atom is 0.105 e. The summed E-state index contributed by atoms with van der Waals surface area (Å²) in [6.45, 7) is 6.07. The zero-order chi connectivity index (χ0) is 11.4. The Morgan fingerprint density at radius 2 is 2.25 bits per heavy atom. The van der Waals surface area contributed by atoms with Gasteiger partial charge in [-0.3, -0.25) is 0 Å². The van der Waals surface area contributed by atoms with Gasteiger partial charge in [-0.25, -0.2) is 0 Å². The summed E-state index contributed by atoms with van der Waals surface area (Å²) < 4.78 is 5.49. The SMILES string of the molecule is Cc1cc(CNCCSCC2CC2)c(C)o1. The summed E-state index contributed by atoms with van der Waals surface area (Å²) in [4.78, 5) is 0. The van der Waals surface area contributed by atoms with Gasteiger partial charge in [-0.1, -0.05) is 0 Å². The quantitative estimate of drug-likeness (QED) is 0.740. The number of hydrogen-bond donors (Lipinski definition) is 1. The van der Waals surface area contributed by atoms with Gasteiger partial charge in [-0.2, -0.15) is 11.8 Å². The molecule has 1 aromatic rings. The zero-order valence-corrected chi connectivity index (χ0v) is 11.0. The molecule has 0 bridgehead atoms. The Hall–Kier alpha value is -0.410. The van der Waals surface area contributed by atoms with Gasteiger partial charge in [0.05, 0.1) is 0 Å². The molecule has 16 heavy (non-hydrogen) atoms. The molecular formula is C13H21NOS. The first-order chi connectivity index (χ1) is 7.75. The van der Waals surface area contributed by atoms with Crippen molar-refractivity contribution >= 4 is 11.8 Å². The Morgan fingerprint density at radius 1 is 1.44 bits per heavy atom. The molecule has 3 heteroatoms. The van der Waals surface area contributed by atoms with Gasteiger partial charge in [0, 0.05) is 24.4 Å². The molecule has 0 aromatic carbocycles. The summed E-state index contributed by atoms with van der Waals surface area (Å²) in [6, 6.07) is 2.12. The lowest BCUT2D eigenvalue weighted by Gasteiger charge is -2.03. The van der Waals surface area contributed by atoms with Crippen LogP contribution in [-0.2, 0) is 6.54 Å². The van der Waals surface area contributed by atoms with Crippen molar-refractivity contribution in [3.63, 3.8) is 0 Å². The van der Waals surface area contributed by atoms with Crippen LogP contribution in [0.4, 0.5) is 0 Å². The third-order valence-corrected chi connectivity index (χ3v) is 4.13. The van der Waals surface area contributed by atoms with Crippen LogP contribution in [-0.4, -0.2) is 18.1 Å². The van der Waals surface area contributed by atoms with Gasteiger partial charge in [0.15, 0.2) is 0 Å². The lowest BCUT2D eigenvalue weighted by atomic mass is 10.2. The average molecular weight is 239 g/mol. The monoisotopic (exact) mass is 239 g/mol. The molecule has 0 atom stereocenters. The van der Waals surface area contributed by atoms with Crippen LogP contribution in [0.1, 0.15) is 29.9 Å². The number of rotatable bonds is 7. The van der Waals surface area contributed by atoms with Gasteiger partial charge in [-0.15, -0.1) is 0 Å². The van der Waals surface area contributed by atoms with Crippen LogP contribution in [0.5, 0.6) is 0 Å². The Kier molecular flexibility index (Phi) is 4.36. The van der Waals surface area contributed by atoms with Gasteiger partial charge in [0.1, 0.15) is 11.5 Å². The Balaban J connectivity index is 1.54. The second-order valence-corrected chi connectivity index (χ2v) is 5.78. The molecule has 0 aliphatic heterocycles. The predicted molar refractivity (Wildman–Crippen MR) is 69.9 cm³/mol. The van der Waals surface area contributed by atoms with Crippen LogP contribution in [0, 0.1) is 19.8 Å². The van der Waals surface area contributed by atoms with Crippen molar-refractivity contribution < 1.29 is 4.42 Å². The van der Waals surface area contributed by atoms with E-state index in [4.69, 9.17) is 4.42 Å². The van der Waals surface area contributed by atoms with E-state index < -0.39 is 0 Å². The third kappa shape index (κ3) is 3.87. The van der Waals surface area contributed by atoms with E-state index in [9.17, 15) is 0 Å². The molecule has 2 rings (SSSR count). The number of furan rings is 1. The van der Waals surface area contributed by atoms with E-state index in [0.717, 1.165) is 30.5 Å². The topological polar surface area (TPSA) is 25.2 Å². The largest absolute Gasteiger partial charge is 0.466 e. The summed E-state index contributed by atoms with van der Waals surface area (Å²) in [7, 11) is 0. The molecule has 0 spiro atoms. The van der Waals surface area contributed by atoms with Crippen LogP contribution in [0.2, 0.25) is 0 Å². The normalized spacial score (nSPS) is 15.6. The summed E-state index contributed by atoms with van der Waals surface area (Å²) in [5, 5.41) is 3.47. The molecule has 0 radical (unpaired) electrons. The molecule has 0 amide bonds. The van der Waals surface area contributed by atoms with Crippen molar-refractivity contribution in [2.45, 2.75) is 33.2 Å². The zero-order valence-electron chi connectivity index (χ0n) is 10.2. The van der Waals surface area contributed by atoms with Crippen molar-refractivity contribution in [3.05, 3.63) is 23.2 Å². The van der Waals surface area contributed by atoms with E-state index in [2.05, 4.69) is 23.1 Å². The summed E-state index contributed by atoms with van der Waals surface area (Å²) in [5.74, 6) is 5.70. The van der Waals surface area contributed by atoms with Gasteiger partial charge < -0.3 is 9.73 Å². The van der Waals surface area contributed by atoms with Crippen LogP contribution >= 0.6 is 11.8 Å². The first kappa shape index (κ1) is 12.1. The van der Waals surface area contributed by atoms with Gasteiger partial charge in [0.25, 0.3) is 0 Å². The average Bonchev–Trinajstić information content (AvgIpc) is 2.99. The van der Waals surface area contributed by atoms with Crippen molar-refractivity contribution in [1.82, 2.24) is 5.32 Å². The molecule has 0 saturated heterocycles. The first-order valence-electron chi connectivity index (χ1n) is 6.10. The molecule has 1 saturated carbocycles. The van der Waals surface area contributed by atoms with E-state index in [1.165, 1.54) is 29.9 Å². The summed E-state index contributed by atoms with van der Waals surface area (Å²) in [6.07, 6.45) is 2.93. The fraction of sp³-hybridized carbons (Fsp3) is 0.692. The highest BCUT2D eigenvalue weighted by Crippen LogP contribution is 2.32. The van der Waals surface area contributed by atoms with Crippen LogP contribution in [0.15, 0.2) is 10.5 Å². The van der Waals surface area contributed by atoms with Crippen LogP contribution in [0.25, 0.3) is 0 Å². The minimum absolute atomic E-state index is 0.938. The van der Waals surface area contributed by atoms with Crippen LogP contribution in [0.3, 0.4) is 0 Å². The Morgan fingerprint density at radius 3 is 2.88 bits per heavy atom. The lowest BCUT2D eigenvalue weighted by Crippen LogP contribution is -2.16. The highest BCUT2D eigenvalue weighted by Gasteiger charge is 2.20.